The fraction of sp³-hybridized carbons (Fsp3) is 0.235. The summed E-state index contributed by atoms with van der Waals surface area (Å²) in [5.41, 5.74) is 1.18. The van der Waals surface area contributed by atoms with Crippen molar-refractivity contribution in [1.82, 2.24) is 19.8 Å². The summed E-state index contributed by atoms with van der Waals surface area (Å²) in [5.74, 6) is 2.29. The number of fused-ring (bicyclic) bond motifs is 1. The van der Waals surface area contributed by atoms with Crippen LogP contribution < -0.4 is 9.47 Å². The lowest BCUT2D eigenvalue weighted by molar-refractivity contribution is 0.354. The first-order chi connectivity index (χ1) is 12.3. The van der Waals surface area contributed by atoms with Crippen molar-refractivity contribution in [2.45, 2.75) is 12.8 Å². The summed E-state index contributed by atoms with van der Waals surface area (Å²) in [7, 11) is 3.29. The van der Waals surface area contributed by atoms with Crippen LogP contribution in [0.1, 0.15) is 10.6 Å². The lowest BCUT2D eigenvalue weighted by atomic mass is 10.1. The van der Waals surface area contributed by atoms with Gasteiger partial charge in [-0.25, -0.2) is 0 Å². The van der Waals surface area contributed by atoms with Gasteiger partial charge in [-0.05, 0) is 35.6 Å². The number of hydrogen-bond donors (Lipinski definition) is 0. The molecule has 0 aliphatic carbocycles. The number of rotatable bonds is 6. The molecule has 128 valence electrons. The van der Waals surface area contributed by atoms with Crippen molar-refractivity contribution in [2.75, 3.05) is 14.2 Å². The summed E-state index contributed by atoms with van der Waals surface area (Å²) < 4.78 is 12.5. The second-order valence-corrected chi connectivity index (χ2v) is 7.37. The van der Waals surface area contributed by atoms with Gasteiger partial charge in [-0.15, -0.1) is 21.5 Å². The van der Waals surface area contributed by atoms with E-state index in [9.17, 15) is 0 Å². The molecule has 0 unspecified atom stereocenters. The van der Waals surface area contributed by atoms with Crippen molar-refractivity contribution >= 4 is 27.6 Å². The number of nitrogens with zero attached hydrogens (tertiary/aromatic N) is 4. The van der Waals surface area contributed by atoms with Crippen LogP contribution >= 0.6 is 22.7 Å². The van der Waals surface area contributed by atoms with Gasteiger partial charge >= 0.3 is 0 Å². The topological polar surface area (TPSA) is 61.5 Å². The Morgan fingerprint density at radius 1 is 1.04 bits per heavy atom. The highest BCUT2D eigenvalue weighted by Gasteiger charge is 2.14. The van der Waals surface area contributed by atoms with Gasteiger partial charge in [0.15, 0.2) is 17.3 Å². The van der Waals surface area contributed by atoms with E-state index in [1.807, 2.05) is 34.2 Å². The second-order valence-electron chi connectivity index (χ2n) is 5.38. The number of benzene rings is 1. The molecule has 0 aliphatic rings. The molecule has 0 radical (unpaired) electrons. The predicted octanol–water partition coefficient (Wildman–Crippen LogP) is 3.72. The first kappa shape index (κ1) is 16.0. The molecule has 0 atom stereocenters. The maximum absolute atomic E-state index is 5.36. The Kier molecular flexibility index (Phi) is 4.37. The lowest BCUT2D eigenvalue weighted by Crippen LogP contribution is -1.96. The molecule has 3 aromatic heterocycles. The molecule has 4 aromatic rings. The standard InChI is InChI=1S/C17H16N4O2S2/c1-22-12-7-5-11(10-13(12)23-2)6-8-15-20-21-16(14-4-3-9-24-14)18-19-17(21)25-15/h3-5,7,9-10H,6,8H2,1-2H3. The monoisotopic (exact) mass is 372 g/mol. The molecule has 25 heavy (non-hydrogen) atoms. The van der Waals surface area contributed by atoms with Crippen molar-refractivity contribution < 1.29 is 9.47 Å². The number of ether oxygens (including phenoxy) is 2. The Bertz CT molecular complexity index is 992. The SMILES string of the molecule is COc1ccc(CCc2nn3c(-c4cccs4)nnc3s2)cc1OC. The molecule has 0 aliphatic heterocycles. The van der Waals surface area contributed by atoms with Crippen LogP contribution in [0.15, 0.2) is 35.7 Å². The third-order valence-electron chi connectivity index (χ3n) is 3.85. The van der Waals surface area contributed by atoms with E-state index in [-0.39, 0.29) is 0 Å². The molecule has 1 aromatic carbocycles. The molecule has 0 amide bonds. The minimum absolute atomic E-state index is 0.741. The van der Waals surface area contributed by atoms with Crippen LogP contribution in [0.4, 0.5) is 0 Å². The number of hydrogen-bond acceptors (Lipinski definition) is 7. The van der Waals surface area contributed by atoms with Crippen LogP contribution in [0, 0.1) is 0 Å². The van der Waals surface area contributed by atoms with Gasteiger partial charge in [0.25, 0.3) is 0 Å². The van der Waals surface area contributed by atoms with E-state index < -0.39 is 0 Å². The molecule has 4 rings (SSSR count). The molecule has 6 nitrogen and oxygen atoms in total. The lowest BCUT2D eigenvalue weighted by Gasteiger charge is -2.09. The average molecular weight is 372 g/mol. The Morgan fingerprint density at radius 3 is 2.68 bits per heavy atom. The van der Waals surface area contributed by atoms with Crippen LogP contribution in [0.3, 0.4) is 0 Å². The minimum atomic E-state index is 0.741. The van der Waals surface area contributed by atoms with Crippen molar-refractivity contribution in [3.8, 4) is 22.2 Å². The zero-order valence-corrected chi connectivity index (χ0v) is 15.4. The van der Waals surface area contributed by atoms with E-state index in [0.29, 0.717) is 0 Å². The van der Waals surface area contributed by atoms with Crippen LogP contribution in [0.5, 0.6) is 11.5 Å². The molecule has 0 saturated heterocycles. The van der Waals surface area contributed by atoms with Gasteiger partial charge in [0.05, 0.1) is 19.1 Å². The number of aromatic nitrogens is 4. The molecule has 0 saturated carbocycles. The van der Waals surface area contributed by atoms with E-state index in [1.165, 1.54) is 5.56 Å². The largest absolute Gasteiger partial charge is 0.493 e. The molecule has 0 spiro atoms. The Labute approximate surface area is 152 Å². The molecule has 8 heteroatoms. The van der Waals surface area contributed by atoms with Crippen molar-refractivity contribution in [1.29, 1.82) is 0 Å². The normalized spacial score (nSPS) is 11.1. The Balaban J connectivity index is 1.54. The van der Waals surface area contributed by atoms with E-state index in [4.69, 9.17) is 9.47 Å². The van der Waals surface area contributed by atoms with Crippen LogP contribution in [0.2, 0.25) is 0 Å². The Morgan fingerprint density at radius 2 is 1.92 bits per heavy atom. The van der Waals surface area contributed by atoms with Crippen molar-refractivity contribution in [3.63, 3.8) is 0 Å². The molecular formula is C17H16N4O2S2. The van der Waals surface area contributed by atoms with Gasteiger partial charge in [-0.2, -0.15) is 9.61 Å². The van der Waals surface area contributed by atoms with E-state index in [1.54, 1.807) is 36.9 Å². The summed E-state index contributed by atoms with van der Waals surface area (Å²) in [6.07, 6.45) is 1.71. The number of thiophene rings is 1. The zero-order chi connectivity index (χ0) is 17.2. The molecule has 0 bridgehead atoms. The van der Waals surface area contributed by atoms with Gasteiger partial charge in [0, 0.05) is 6.42 Å². The summed E-state index contributed by atoms with van der Waals surface area (Å²) >= 11 is 3.22. The second kappa shape index (κ2) is 6.81. The van der Waals surface area contributed by atoms with Gasteiger partial charge < -0.3 is 9.47 Å². The van der Waals surface area contributed by atoms with Gasteiger partial charge in [-0.1, -0.05) is 23.5 Å². The molecule has 0 N–H and O–H groups in total. The average Bonchev–Trinajstić information content (AvgIpc) is 3.36. The van der Waals surface area contributed by atoms with Gasteiger partial charge in [0.2, 0.25) is 4.96 Å². The third-order valence-corrected chi connectivity index (χ3v) is 5.67. The Hall–Kier alpha value is -2.45. The van der Waals surface area contributed by atoms with Crippen LogP contribution in [0.25, 0.3) is 15.7 Å². The van der Waals surface area contributed by atoms with E-state index in [0.717, 1.165) is 45.0 Å². The predicted molar refractivity (Wildman–Crippen MR) is 98.9 cm³/mol. The third kappa shape index (κ3) is 3.10. The van der Waals surface area contributed by atoms with Gasteiger partial charge in [0.1, 0.15) is 5.01 Å². The summed E-state index contributed by atoms with van der Waals surface area (Å²) in [6, 6.07) is 10.0. The van der Waals surface area contributed by atoms with E-state index in [2.05, 4.69) is 21.4 Å². The zero-order valence-electron chi connectivity index (χ0n) is 13.8. The van der Waals surface area contributed by atoms with Crippen LogP contribution in [-0.2, 0) is 12.8 Å². The van der Waals surface area contributed by atoms with Crippen LogP contribution in [-0.4, -0.2) is 34.0 Å². The highest BCUT2D eigenvalue weighted by molar-refractivity contribution is 7.16. The number of methoxy groups -OCH3 is 2. The molecular weight excluding hydrogens is 356 g/mol. The fourth-order valence-electron chi connectivity index (χ4n) is 2.60. The van der Waals surface area contributed by atoms with Crippen molar-refractivity contribution in [3.05, 3.63) is 46.3 Å². The highest BCUT2D eigenvalue weighted by atomic mass is 32.1. The maximum Gasteiger partial charge on any atom is 0.234 e. The fourth-order valence-corrected chi connectivity index (χ4v) is 4.13. The summed E-state index contributed by atoms with van der Waals surface area (Å²) in [4.78, 5) is 1.90. The first-order valence-electron chi connectivity index (χ1n) is 7.74. The molecule has 0 fully saturated rings. The smallest absolute Gasteiger partial charge is 0.234 e. The summed E-state index contributed by atoms with van der Waals surface area (Å²) in [6.45, 7) is 0. The first-order valence-corrected chi connectivity index (χ1v) is 9.44. The van der Waals surface area contributed by atoms with Gasteiger partial charge in [-0.3, -0.25) is 0 Å². The molecule has 3 heterocycles. The summed E-state index contributed by atoms with van der Waals surface area (Å²) in [5, 5.41) is 16.2. The minimum Gasteiger partial charge on any atom is -0.493 e. The maximum atomic E-state index is 5.36. The van der Waals surface area contributed by atoms with E-state index >= 15 is 0 Å². The van der Waals surface area contributed by atoms with Crippen molar-refractivity contribution in [2.24, 2.45) is 0 Å². The quantitative estimate of drug-likeness (QED) is 0.516. The number of aryl methyl sites for hydroxylation is 2. The highest BCUT2D eigenvalue weighted by Crippen LogP contribution is 2.29.